The van der Waals surface area contributed by atoms with Gasteiger partial charge in [0.25, 0.3) is 0 Å². The molecular formula is C8H7Cl2InO2. The molecule has 0 atom stereocenters. The third-order valence-electron chi connectivity index (χ3n) is 1.39. The number of benzene rings is 1. The van der Waals surface area contributed by atoms with E-state index in [1.165, 1.54) is 6.92 Å². The summed E-state index contributed by atoms with van der Waals surface area (Å²) in [6, 6.07) is 7.01. The summed E-state index contributed by atoms with van der Waals surface area (Å²) in [6.07, 6.45) is 0. The van der Waals surface area contributed by atoms with Gasteiger partial charge in [0, 0.05) is 0 Å². The van der Waals surface area contributed by atoms with E-state index in [0.717, 1.165) is 3.32 Å². The first-order valence-electron chi connectivity index (χ1n) is 3.66. The van der Waals surface area contributed by atoms with Gasteiger partial charge in [-0.2, -0.15) is 0 Å². The van der Waals surface area contributed by atoms with Crippen LogP contribution in [0, 0.1) is 0 Å². The first kappa shape index (κ1) is 11.2. The van der Waals surface area contributed by atoms with Crippen molar-refractivity contribution < 1.29 is 9.53 Å². The maximum absolute atomic E-state index is 10.6. The molecule has 5 heteroatoms. The molecule has 1 aromatic rings. The molecule has 0 spiro atoms. The van der Waals surface area contributed by atoms with Crippen LogP contribution in [0.3, 0.4) is 0 Å². The van der Waals surface area contributed by atoms with Gasteiger partial charge in [0.2, 0.25) is 0 Å². The summed E-state index contributed by atoms with van der Waals surface area (Å²) < 4.78 is 5.83. The van der Waals surface area contributed by atoms with Crippen molar-refractivity contribution >= 4 is 45.5 Å². The van der Waals surface area contributed by atoms with E-state index < -0.39 is 19.1 Å². The molecule has 0 aromatic heterocycles. The summed E-state index contributed by atoms with van der Waals surface area (Å²) in [5, 5.41) is 0. The normalized spacial score (nSPS) is 9.46. The molecule has 13 heavy (non-hydrogen) atoms. The topological polar surface area (TPSA) is 26.3 Å². The minimum absolute atomic E-state index is 0.329. The molecule has 0 aliphatic rings. The second-order valence-electron chi connectivity index (χ2n) is 2.46. The summed E-state index contributed by atoms with van der Waals surface area (Å²) in [7, 11) is 11.7. The van der Waals surface area contributed by atoms with E-state index in [1.807, 2.05) is 0 Å². The zero-order chi connectivity index (χ0) is 9.84. The summed E-state index contributed by atoms with van der Waals surface area (Å²) in [5.41, 5.74) is 0. The van der Waals surface area contributed by atoms with Crippen molar-refractivity contribution in [2.45, 2.75) is 6.92 Å². The Morgan fingerprint density at radius 2 is 1.85 bits per heavy atom. The third-order valence-corrected chi connectivity index (χ3v) is 7.31. The number of ether oxygens (including phenoxy) is 1. The van der Waals surface area contributed by atoms with Gasteiger partial charge in [-0.05, 0) is 0 Å². The standard InChI is InChI=1S/C8H7O2.2ClH.In/c1-7(9)10-8-5-3-2-4-6-8;;;/h3-6H,1H3;2*1H;/q;;;+2/p-2. The Balaban J connectivity index is 2.75. The summed E-state index contributed by atoms with van der Waals surface area (Å²) >= 11 is -2.41. The van der Waals surface area contributed by atoms with Crippen LogP contribution in [0.25, 0.3) is 0 Å². The minimum atomic E-state index is -2.41. The van der Waals surface area contributed by atoms with Crippen molar-refractivity contribution in [1.29, 1.82) is 0 Å². The van der Waals surface area contributed by atoms with Crippen LogP contribution >= 0.6 is 17.2 Å². The molecule has 1 aromatic carbocycles. The molecule has 0 amide bonds. The fourth-order valence-electron chi connectivity index (χ4n) is 0.847. The predicted octanol–water partition coefficient (Wildman–Crippen LogP) is 1.78. The van der Waals surface area contributed by atoms with E-state index in [-0.39, 0.29) is 5.97 Å². The van der Waals surface area contributed by atoms with E-state index >= 15 is 0 Å². The van der Waals surface area contributed by atoms with E-state index in [0.29, 0.717) is 5.75 Å². The second kappa shape index (κ2) is 5.13. The predicted molar refractivity (Wildman–Crippen MR) is 54.8 cm³/mol. The molecule has 68 valence electrons. The summed E-state index contributed by atoms with van der Waals surface area (Å²) in [5.74, 6) is 0.195. The van der Waals surface area contributed by atoms with Crippen LogP contribution in [0.15, 0.2) is 24.3 Å². The fourth-order valence-corrected chi connectivity index (χ4v) is 4.18. The molecule has 0 N–H and O–H groups in total. The molecule has 0 aliphatic carbocycles. The van der Waals surface area contributed by atoms with Crippen molar-refractivity contribution in [3.8, 4) is 5.75 Å². The number of rotatable bonds is 2. The monoisotopic (exact) mass is 320 g/mol. The Labute approximate surface area is 91.5 Å². The van der Waals surface area contributed by atoms with Crippen LogP contribution < -0.4 is 8.06 Å². The zero-order valence-electron chi connectivity index (χ0n) is 6.96. The molecule has 0 saturated carbocycles. The average Bonchev–Trinajstić information content (AvgIpc) is 2.04. The zero-order valence-corrected chi connectivity index (χ0v) is 11.8. The van der Waals surface area contributed by atoms with Gasteiger partial charge in [0.15, 0.2) is 0 Å². The quantitative estimate of drug-likeness (QED) is 0.613. The van der Waals surface area contributed by atoms with Crippen LogP contribution in [-0.2, 0) is 4.79 Å². The third kappa shape index (κ3) is 3.79. The number of carbonyl (C=O) groups is 1. The molecule has 0 radical (unpaired) electrons. The van der Waals surface area contributed by atoms with Gasteiger partial charge in [0.05, 0.1) is 0 Å². The van der Waals surface area contributed by atoms with Crippen molar-refractivity contribution in [3.63, 3.8) is 0 Å². The van der Waals surface area contributed by atoms with Gasteiger partial charge in [-0.3, -0.25) is 0 Å². The Hall–Kier alpha value is 0.140. The molecular weight excluding hydrogens is 314 g/mol. The van der Waals surface area contributed by atoms with E-state index in [1.54, 1.807) is 24.3 Å². The van der Waals surface area contributed by atoms with Crippen LogP contribution in [-0.4, -0.2) is 25.0 Å². The van der Waals surface area contributed by atoms with Gasteiger partial charge in [-0.15, -0.1) is 0 Å². The van der Waals surface area contributed by atoms with E-state index in [4.69, 9.17) is 21.9 Å². The van der Waals surface area contributed by atoms with E-state index in [9.17, 15) is 4.79 Å². The van der Waals surface area contributed by atoms with Crippen LogP contribution in [0.2, 0.25) is 0 Å². The van der Waals surface area contributed by atoms with Crippen molar-refractivity contribution in [3.05, 3.63) is 24.3 Å². The number of halogens is 2. The molecule has 0 unspecified atom stereocenters. The molecule has 0 bridgehead atoms. The van der Waals surface area contributed by atoms with Crippen molar-refractivity contribution in [2.75, 3.05) is 0 Å². The molecule has 0 saturated heterocycles. The van der Waals surface area contributed by atoms with Gasteiger partial charge in [0.1, 0.15) is 0 Å². The van der Waals surface area contributed by atoms with E-state index in [2.05, 4.69) is 0 Å². The summed E-state index contributed by atoms with van der Waals surface area (Å²) in [4.78, 5) is 10.6. The molecule has 0 heterocycles. The average molecular weight is 321 g/mol. The molecule has 2 nitrogen and oxygen atoms in total. The Morgan fingerprint density at radius 1 is 1.31 bits per heavy atom. The van der Waals surface area contributed by atoms with Crippen LogP contribution in [0.5, 0.6) is 5.75 Å². The fraction of sp³-hybridized carbons (Fsp3) is 0.125. The van der Waals surface area contributed by atoms with Crippen molar-refractivity contribution in [2.24, 2.45) is 0 Å². The first-order valence-corrected chi connectivity index (χ1v) is 13.7. The summed E-state index contributed by atoms with van der Waals surface area (Å²) in [6.45, 7) is 1.36. The molecule has 0 fully saturated rings. The van der Waals surface area contributed by atoms with Crippen LogP contribution in [0.4, 0.5) is 0 Å². The van der Waals surface area contributed by atoms with Gasteiger partial charge < -0.3 is 0 Å². The molecule has 0 aliphatic heterocycles. The number of esters is 1. The Morgan fingerprint density at radius 3 is 2.23 bits per heavy atom. The number of hydrogen-bond donors (Lipinski definition) is 0. The number of hydrogen-bond acceptors (Lipinski definition) is 2. The van der Waals surface area contributed by atoms with Crippen LogP contribution in [0.1, 0.15) is 6.92 Å². The van der Waals surface area contributed by atoms with Gasteiger partial charge in [-0.25, -0.2) is 0 Å². The van der Waals surface area contributed by atoms with Crippen molar-refractivity contribution in [1.82, 2.24) is 0 Å². The molecule has 1 rings (SSSR count). The SMILES string of the molecule is CC(=O)Oc1cc[c]([In]([Cl])[Cl])cc1. The Bertz CT molecular complexity index is 298. The maximum atomic E-state index is 10.6. The second-order valence-corrected chi connectivity index (χ2v) is 13.4. The van der Waals surface area contributed by atoms with Gasteiger partial charge in [-0.1, -0.05) is 0 Å². The Kier molecular flexibility index (Phi) is 4.42. The first-order chi connectivity index (χ1) is 6.09. The van der Waals surface area contributed by atoms with Gasteiger partial charge >= 0.3 is 92.0 Å². The number of carbonyl (C=O) groups excluding carboxylic acids is 1.